The fourth-order valence-electron chi connectivity index (χ4n) is 1.71. The summed E-state index contributed by atoms with van der Waals surface area (Å²) >= 11 is 2.48. The predicted molar refractivity (Wildman–Crippen MR) is 64.5 cm³/mol. The molecule has 0 amide bonds. The molecule has 1 aliphatic heterocycles. The smallest absolute Gasteiger partial charge is 0.0554 e. The summed E-state index contributed by atoms with van der Waals surface area (Å²) in [6, 6.07) is 0.692. The number of ether oxygens (including phenoxy) is 1. The molecule has 0 aromatic rings. The van der Waals surface area contributed by atoms with Crippen molar-refractivity contribution in [3.05, 3.63) is 0 Å². The van der Waals surface area contributed by atoms with Crippen molar-refractivity contribution in [3.63, 3.8) is 0 Å². The minimum atomic E-state index is 0.459. The monoisotopic (exact) mass is 297 g/mol. The Hall–Kier alpha value is 0.650. The second-order valence-electron chi connectivity index (χ2n) is 4.27. The van der Waals surface area contributed by atoms with Crippen LogP contribution in [0.2, 0.25) is 0 Å². The molecule has 1 saturated heterocycles. The Bertz CT molecular complexity index is 155. The third-order valence-electron chi connectivity index (χ3n) is 2.70. The molecule has 0 aromatic carbocycles. The van der Waals surface area contributed by atoms with Crippen LogP contribution in [-0.2, 0) is 4.74 Å². The van der Waals surface area contributed by atoms with Crippen molar-refractivity contribution in [1.82, 2.24) is 4.90 Å². The van der Waals surface area contributed by atoms with Crippen molar-refractivity contribution in [1.29, 1.82) is 0 Å². The summed E-state index contributed by atoms with van der Waals surface area (Å²) in [7, 11) is 0. The van der Waals surface area contributed by atoms with Gasteiger partial charge in [-0.15, -0.1) is 0 Å². The number of likely N-dealkylation sites (tertiary alicyclic amines) is 1. The second kappa shape index (κ2) is 4.94. The van der Waals surface area contributed by atoms with Gasteiger partial charge in [-0.3, -0.25) is 4.90 Å². The first-order valence-electron chi connectivity index (χ1n) is 5.01. The van der Waals surface area contributed by atoms with Crippen LogP contribution in [0, 0.1) is 5.41 Å². The fourth-order valence-corrected chi connectivity index (χ4v) is 2.42. The molecule has 1 heterocycles. The van der Waals surface area contributed by atoms with E-state index in [4.69, 9.17) is 4.74 Å². The van der Waals surface area contributed by atoms with E-state index in [9.17, 15) is 0 Å². The normalized spacial score (nSPS) is 21.9. The van der Waals surface area contributed by atoms with E-state index in [-0.39, 0.29) is 0 Å². The second-order valence-corrected chi connectivity index (χ2v) is 5.03. The van der Waals surface area contributed by atoms with Crippen LogP contribution in [0.5, 0.6) is 0 Å². The van der Waals surface area contributed by atoms with Gasteiger partial charge in [0, 0.05) is 35.6 Å². The molecule has 0 bridgehead atoms. The van der Waals surface area contributed by atoms with Gasteiger partial charge in [0.25, 0.3) is 0 Å². The molecular formula is C10H20INO. The molecule has 0 radical (unpaired) electrons. The third-order valence-corrected chi connectivity index (χ3v) is 4.32. The van der Waals surface area contributed by atoms with Gasteiger partial charge in [0.1, 0.15) is 0 Å². The molecule has 1 fully saturated rings. The van der Waals surface area contributed by atoms with Crippen LogP contribution < -0.4 is 0 Å². The zero-order valence-electron chi connectivity index (χ0n) is 8.85. The average Bonchev–Trinajstić information content (AvgIpc) is 2.03. The third kappa shape index (κ3) is 2.80. The summed E-state index contributed by atoms with van der Waals surface area (Å²) < 4.78 is 6.74. The maximum Gasteiger partial charge on any atom is 0.0554 e. The van der Waals surface area contributed by atoms with Gasteiger partial charge in [-0.25, -0.2) is 0 Å². The Morgan fingerprint density at radius 2 is 2.08 bits per heavy atom. The van der Waals surface area contributed by atoms with Crippen molar-refractivity contribution in [2.24, 2.45) is 5.41 Å². The molecule has 0 saturated carbocycles. The zero-order chi connectivity index (χ0) is 9.90. The summed E-state index contributed by atoms with van der Waals surface area (Å²) in [5.74, 6) is 0. The van der Waals surface area contributed by atoms with E-state index in [1.54, 1.807) is 0 Å². The summed E-state index contributed by atoms with van der Waals surface area (Å²) in [4.78, 5) is 2.51. The van der Waals surface area contributed by atoms with Crippen LogP contribution in [0.1, 0.15) is 20.8 Å². The average molecular weight is 297 g/mol. The van der Waals surface area contributed by atoms with Gasteiger partial charge in [0.15, 0.2) is 0 Å². The lowest BCUT2D eigenvalue weighted by atomic mass is 9.82. The van der Waals surface area contributed by atoms with E-state index in [0.29, 0.717) is 11.5 Å². The van der Waals surface area contributed by atoms with Crippen LogP contribution in [0.25, 0.3) is 0 Å². The van der Waals surface area contributed by atoms with E-state index in [0.717, 1.165) is 13.2 Å². The van der Waals surface area contributed by atoms with Gasteiger partial charge >= 0.3 is 0 Å². The van der Waals surface area contributed by atoms with Crippen LogP contribution in [-0.4, -0.2) is 41.7 Å². The highest BCUT2D eigenvalue weighted by Crippen LogP contribution is 2.34. The van der Waals surface area contributed by atoms with Crippen LogP contribution in [0.3, 0.4) is 0 Å². The lowest BCUT2D eigenvalue weighted by Gasteiger charge is -2.51. The highest BCUT2D eigenvalue weighted by Gasteiger charge is 2.42. The van der Waals surface area contributed by atoms with Crippen molar-refractivity contribution in [3.8, 4) is 0 Å². The molecule has 0 aliphatic carbocycles. The molecule has 0 unspecified atom stereocenters. The van der Waals surface area contributed by atoms with Gasteiger partial charge in [-0.05, 0) is 20.8 Å². The van der Waals surface area contributed by atoms with E-state index in [1.165, 1.54) is 17.5 Å². The Morgan fingerprint density at radius 1 is 1.46 bits per heavy atom. The van der Waals surface area contributed by atoms with Crippen LogP contribution in [0.15, 0.2) is 0 Å². The number of halogens is 1. The van der Waals surface area contributed by atoms with Crippen LogP contribution in [0.4, 0.5) is 0 Å². The standard InChI is InChI=1S/C10H20INO/c1-4-13-8-10(5-11)6-12(7-10)9(2)3/h9H,4-8H2,1-3H3. The minimum Gasteiger partial charge on any atom is -0.381 e. The molecule has 0 atom stereocenters. The highest BCUT2D eigenvalue weighted by atomic mass is 127. The molecule has 0 aromatic heterocycles. The van der Waals surface area contributed by atoms with Crippen molar-refractivity contribution >= 4 is 22.6 Å². The first kappa shape index (κ1) is 11.7. The molecule has 1 aliphatic rings. The molecule has 3 heteroatoms. The van der Waals surface area contributed by atoms with Gasteiger partial charge in [-0.1, -0.05) is 22.6 Å². The first-order valence-corrected chi connectivity index (χ1v) is 6.54. The Morgan fingerprint density at radius 3 is 2.46 bits per heavy atom. The van der Waals surface area contributed by atoms with E-state index in [1.807, 2.05) is 0 Å². The summed E-state index contributed by atoms with van der Waals surface area (Å²) in [6.07, 6.45) is 0. The van der Waals surface area contributed by atoms with Crippen molar-refractivity contribution in [2.45, 2.75) is 26.8 Å². The molecule has 0 N–H and O–H groups in total. The lowest BCUT2D eigenvalue weighted by Crippen LogP contribution is -2.61. The van der Waals surface area contributed by atoms with Crippen molar-refractivity contribution < 1.29 is 4.74 Å². The first-order chi connectivity index (χ1) is 6.13. The molecule has 78 valence electrons. The quantitative estimate of drug-likeness (QED) is 0.569. The maximum atomic E-state index is 5.53. The van der Waals surface area contributed by atoms with Gasteiger partial charge in [0.2, 0.25) is 0 Å². The van der Waals surface area contributed by atoms with Gasteiger partial charge in [0.05, 0.1) is 6.61 Å². The zero-order valence-corrected chi connectivity index (χ0v) is 11.0. The number of rotatable bonds is 5. The Kier molecular flexibility index (Phi) is 4.45. The Labute approximate surface area is 95.2 Å². The Balaban J connectivity index is 2.31. The number of hydrogen-bond donors (Lipinski definition) is 0. The fraction of sp³-hybridized carbons (Fsp3) is 1.00. The molecule has 13 heavy (non-hydrogen) atoms. The van der Waals surface area contributed by atoms with Crippen molar-refractivity contribution in [2.75, 3.05) is 30.7 Å². The molecular weight excluding hydrogens is 277 g/mol. The summed E-state index contributed by atoms with van der Waals surface area (Å²) in [5.41, 5.74) is 0.459. The van der Waals surface area contributed by atoms with E-state index >= 15 is 0 Å². The van der Waals surface area contributed by atoms with Crippen LogP contribution >= 0.6 is 22.6 Å². The number of nitrogens with zero attached hydrogens (tertiary/aromatic N) is 1. The molecule has 1 rings (SSSR count). The number of hydrogen-bond acceptors (Lipinski definition) is 2. The van der Waals surface area contributed by atoms with Gasteiger partial charge in [-0.2, -0.15) is 0 Å². The largest absolute Gasteiger partial charge is 0.381 e. The molecule has 2 nitrogen and oxygen atoms in total. The van der Waals surface area contributed by atoms with E-state index in [2.05, 4.69) is 48.3 Å². The topological polar surface area (TPSA) is 12.5 Å². The maximum absolute atomic E-state index is 5.53. The highest BCUT2D eigenvalue weighted by molar-refractivity contribution is 14.1. The lowest BCUT2D eigenvalue weighted by molar-refractivity contribution is -0.0598. The van der Waals surface area contributed by atoms with Gasteiger partial charge < -0.3 is 4.74 Å². The van der Waals surface area contributed by atoms with E-state index < -0.39 is 0 Å². The summed E-state index contributed by atoms with van der Waals surface area (Å²) in [6.45, 7) is 10.8. The molecule has 0 spiro atoms. The minimum absolute atomic E-state index is 0.459. The predicted octanol–water partition coefficient (Wildman–Crippen LogP) is 2.17. The number of alkyl halides is 1. The SMILES string of the molecule is CCOCC1(CI)CN(C(C)C)C1. The summed E-state index contributed by atoms with van der Waals surface area (Å²) in [5, 5.41) is 0.